The van der Waals surface area contributed by atoms with Gasteiger partial charge in [0, 0.05) is 18.0 Å². The summed E-state index contributed by atoms with van der Waals surface area (Å²) in [4.78, 5) is 14.9. The SMILES string of the molecule is O=Cc1c(Cl)cccc1OCc1cccnc1. The monoisotopic (exact) mass is 247 g/mol. The highest BCUT2D eigenvalue weighted by molar-refractivity contribution is 6.33. The number of aldehydes is 1. The van der Waals surface area contributed by atoms with Crippen LogP contribution in [0.4, 0.5) is 0 Å². The van der Waals surface area contributed by atoms with Crippen molar-refractivity contribution in [2.45, 2.75) is 6.61 Å². The van der Waals surface area contributed by atoms with Crippen LogP contribution >= 0.6 is 11.6 Å². The van der Waals surface area contributed by atoms with E-state index in [1.807, 2.05) is 12.1 Å². The van der Waals surface area contributed by atoms with E-state index < -0.39 is 0 Å². The minimum absolute atomic E-state index is 0.356. The van der Waals surface area contributed by atoms with Crippen LogP contribution < -0.4 is 4.74 Å². The van der Waals surface area contributed by atoms with Gasteiger partial charge in [-0.3, -0.25) is 9.78 Å². The first kappa shape index (κ1) is 11.6. The Labute approximate surface area is 104 Å². The smallest absolute Gasteiger partial charge is 0.155 e. The van der Waals surface area contributed by atoms with Gasteiger partial charge in [-0.15, -0.1) is 0 Å². The first-order chi connectivity index (χ1) is 8.31. The van der Waals surface area contributed by atoms with Gasteiger partial charge in [0.05, 0.1) is 10.6 Å². The van der Waals surface area contributed by atoms with Gasteiger partial charge < -0.3 is 4.74 Å². The third-order valence-electron chi connectivity index (χ3n) is 2.25. The molecule has 3 nitrogen and oxygen atoms in total. The second-order valence-corrected chi connectivity index (χ2v) is 3.83. The summed E-state index contributed by atoms with van der Waals surface area (Å²) in [6, 6.07) is 8.84. The molecule has 2 aromatic rings. The van der Waals surface area contributed by atoms with E-state index in [9.17, 15) is 4.79 Å². The molecular formula is C13H10ClNO2. The highest BCUT2D eigenvalue weighted by atomic mass is 35.5. The molecule has 0 aliphatic heterocycles. The minimum atomic E-state index is 0.356. The zero-order valence-corrected chi connectivity index (χ0v) is 9.72. The Hall–Kier alpha value is -1.87. The number of hydrogen-bond donors (Lipinski definition) is 0. The summed E-state index contributed by atoms with van der Waals surface area (Å²) in [6.07, 6.45) is 4.10. The van der Waals surface area contributed by atoms with Crippen LogP contribution in [0.2, 0.25) is 5.02 Å². The maximum atomic E-state index is 10.9. The van der Waals surface area contributed by atoms with Crippen molar-refractivity contribution >= 4 is 17.9 Å². The Morgan fingerprint density at radius 2 is 2.18 bits per heavy atom. The van der Waals surface area contributed by atoms with Gasteiger partial charge in [-0.25, -0.2) is 0 Å². The molecule has 0 aliphatic rings. The first-order valence-corrected chi connectivity index (χ1v) is 5.44. The number of rotatable bonds is 4. The average molecular weight is 248 g/mol. The van der Waals surface area contributed by atoms with Crippen LogP contribution in [0.3, 0.4) is 0 Å². The van der Waals surface area contributed by atoms with E-state index in [1.165, 1.54) is 0 Å². The molecule has 0 fully saturated rings. The molecule has 1 aromatic heterocycles. The number of pyridine rings is 1. The van der Waals surface area contributed by atoms with Crippen molar-refractivity contribution < 1.29 is 9.53 Å². The molecule has 0 saturated carbocycles. The summed E-state index contributed by atoms with van der Waals surface area (Å²) in [5, 5.41) is 0.392. The second-order valence-electron chi connectivity index (χ2n) is 3.42. The van der Waals surface area contributed by atoms with E-state index in [1.54, 1.807) is 30.6 Å². The maximum Gasteiger partial charge on any atom is 0.155 e. The molecule has 1 aromatic carbocycles. The molecule has 0 unspecified atom stereocenters. The van der Waals surface area contributed by atoms with Gasteiger partial charge in [0.1, 0.15) is 12.4 Å². The van der Waals surface area contributed by atoms with E-state index in [-0.39, 0.29) is 0 Å². The molecule has 4 heteroatoms. The number of ether oxygens (including phenoxy) is 1. The molecule has 2 rings (SSSR count). The number of benzene rings is 1. The number of nitrogens with zero attached hydrogens (tertiary/aromatic N) is 1. The fraction of sp³-hybridized carbons (Fsp3) is 0.0769. The van der Waals surface area contributed by atoms with E-state index in [4.69, 9.17) is 16.3 Å². The van der Waals surface area contributed by atoms with Crippen LogP contribution in [-0.2, 0) is 6.61 Å². The third kappa shape index (κ3) is 2.82. The van der Waals surface area contributed by atoms with Gasteiger partial charge in [-0.1, -0.05) is 23.7 Å². The molecule has 0 bridgehead atoms. The summed E-state index contributed by atoms with van der Waals surface area (Å²) < 4.78 is 5.54. The molecule has 86 valence electrons. The van der Waals surface area contributed by atoms with Crippen molar-refractivity contribution in [1.82, 2.24) is 4.98 Å². The van der Waals surface area contributed by atoms with Crippen LogP contribution in [-0.4, -0.2) is 11.3 Å². The maximum absolute atomic E-state index is 10.9. The van der Waals surface area contributed by atoms with Gasteiger partial charge in [0.15, 0.2) is 6.29 Å². The highest BCUT2D eigenvalue weighted by Gasteiger charge is 2.07. The van der Waals surface area contributed by atoms with Crippen molar-refractivity contribution in [3.63, 3.8) is 0 Å². The normalized spacial score (nSPS) is 9.94. The number of aromatic nitrogens is 1. The Morgan fingerprint density at radius 1 is 1.29 bits per heavy atom. The van der Waals surface area contributed by atoms with Crippen LogP contribution in [0.15, 0.2) is 42.7 Å². The highest BCUT2D eigenvalue weighted by Crippen LogP contribution is 2.25. The summed E-state index contributed by atoms with van der Waals surface area (Å²) in [5.74, 6) is 0.483. The van der Waals surface area contributed by atoms with Crippen molar-refractivity contribution in [2.75, 3.05) is 0 Å². The molecule has 0 aliphatic carbocycles. The molecule has 0 amide bonds. The number of carbonyl (C=O) groups is 1. The Bertz CT molecular complexity index is 514. The summed E-state index contributed by atoms with van der Waals surface area (Å²) >= 11 is 5.89. The van der Waals surface area contributed by atoms with Gasteiger partial charge in [0.2, 0.25) is 0 Å². The fourth-order valence-electron chi connectivity index (χ4n) is 1.40. The van der Waals surface area contributed by atoms with Crippen LogP contribution in [0.5, 0.6) is 5.75 Å². The van der Waals surface area contributed by atoms with Gasteiger partial charge in [-0.05, 0) is 18.2 Å². The van der Waals surface area contributed by atoms with Crippen molar-refractivity contribution in [1.29, 1.82) is 0 Å². The Morgan fingerprint density at radius 3 is 2.88 bits per heavy atom. The van der Waals surface area contributed by atoms with E-state index >= 15 is 0 Å². The van der Waals surface area contributed by atoms with Gasteiger partial charge in [0.25, 0.3) is 0 Å². The molecular weight excluding hydrogens is 238 g/mol. The van der Waals surface area contributed by atoms with Crippen LogP contribution in [0, 0.1) is 0 Å². The molecule has 0 N–H and O–H groups in total. The number of hydrogen-bond acceptors (Lipinski definition) is 3. The molecule has 0 radical (unpaired) electrons. The minimum Gasteiger partial charge on any atom is -0.488 e. The molecule has 0 spiro atoms. The molecule has 0 saturated heterocycles. The lowest BCUT2D eigenvalue weighted by atomic mass is 10.2. The van der Waals surface area contributed by atoms with Crippen LogP contribution in [0.25, 0.3) is 0 Å². The van der Waals surface area contributed by atoms with Crippen molar-refractivity contribution in [3.8, 4) is 5.75 Å². The largest absolute Gasteiger partial charge is 0.488 e. The van der Waals surface area contributed by atoms with E-state index in [0.717, 1.165) is 5.56 Å². The Balaban J connectivity index is 2.14. The molecule has 1 heterocycles. The summed E-state index contributed by atoms with van der Waals surface area (Å²) in [6.45, 7) is 0.356. The summed E-state index contributed by atoms with van der Waals surface area (Å²) in [5.41, 5.74) is 1.31. The van der Waals surface area contributed by atoms with Gasteiger partial charge >= 0.3 is 0 Å². The zero-order valence-electron chi connectivity index (χ0n) is 8.97. The predicted molar refractivity (Wildman–Crippen MR) is 65.4 cm³/mol. The standard InChI is InChI=1S/C13H10ClNO2/c14-12-4-1-5-13(11(12)8-16)17-9-10-3-2-6-15-7-10/h1-8H,9H2. The van der Waals surface area contributed by atoms with Gasteiger partial charge in [-0.2, -0.15) is 0 Å². The lowest BCUT2D eigenvalue weighted by Crippen LogP contribution is -1.98. The van der Waals surface area contributed by atoms with Crippen molar-refractivity contribution in [3.05, 3.63) is 58.9 Å². The van der Waals surface area contributed by atoms with Crippen molar-refractivity contribution in [2.24, 2.45) is 0 Å². The summed E-state index contributed by atoms with van der Waals surface area (Å²) in [7, 11) is 0. The third-order valence-corrected chi connectivity index (χ3v) is 2.58. The van der Waals surface area contributed by atoms with E-state index in [2.05, 4.69) is 4.98 Å². The van der Waals surface area contributed by atoms with E-state index in [0.29, 0.717) is 29.2 Å². The second kappa shape index (κ2) is 5.46. The number of carbonyl (C=O) groups excluding carboxylic acids is 1. The molecule has 0 atom stereocenters. The quantitative estimate of drug-likeness (QED) is 0.780. The van der Waals surface area contributed by atoms with Crippen LogP contribution in [0.1, 0.15) is 15.9 Å². The zero-order chi connectivity index (χ0) is 12.1. The lowest BCUT2D eigenvalue weighted by Gasteiger charge is -2.08. The molecule has 17 heavy (non-hydrogen) atoms. The Kier molecular flexibility index (Phi) is 3.73. The predicted octanol–water partition coefficient (Wildman–Crippen LogP) is 3.13. The average Bonchev–Trinajstić information content (AvgIpc) is 2.37. The lowest BCUT2D eigenvalue weighted by molar-refractivity contribution is 0.111. The number of halogens is 1. The fourth-order valence-corrected chi connectivity index (χ4v) is 1.61. The topological polar surface area (TPSA) is 39.2 Å². The first-order valence-electron chi connectivity index (χ1n) is 5.06.